The number of aryl methyl sites for hydroxylation is 2. The lowest BCUT2D eigenvalue weighted by molar-refractivity contribution is -0.116. The number of ether oxygens (including phenoxy) is 2. The lowest BCUT2D eigenvalue weighted by Gasteiger charge is -2.14. The van der Waals surface area contributed by atoms with Crippen LogP contribution in [0.25, 0.3) is 10.9 Å². The van der Waals surface area contributed by atoms with Gasteiger partial charge in [-0.05, 0) is 39.3 Å². The van der Waals surface area contributed by atoms with Gasteiger partial charge in [0.2, 0.25) is 11.8 Å². The van der Waals surface area contributed by atoms with Crippen molar-refractivity contribution in [2.45, 2.75) is 34.2 Å². The van der Waals surface area contributed by atoms with Crippen LogP contribution < -0.4 is 15.6 Å². The highest BCUT2D eigenvalue weighted by Crippen LogP contribution is 2.29. The van der Waals surface area contributed by atoms with Crippen molar-refractivity contribution in [2.75, 3.05) is 19.0 Å². The Labute approximate surface area is 183 Å². The summed E-state index contributed by atoms with van der Waals surface area (Å²) in [6.45, 7) is 5.94. The van der Waals surface area contributed by atoms with E-state index in [2.05, 4.69) is 5.32 Å². The Hall–Kier alpha value is -3.88. The monoisotopic (exact) mass is 440 g/mol. The zero-order valence-electron chi connectivity index (χ0n) is 18.5. The number of benzene rings is 1. The minimum atomic E-state index is -0.788. The van der Waals surface area contributed by atoms with Crippen molar-refractivity contribution >= 4 is 34.4 Å². The topological polar surface area (TPSA) is 117 Å². The number of anilines is 1. The summed E-state index contributed by atoms with van der Waals surface area (Å²) >= 11 is 0. The number of hydrogen-bond acceptors (Lipinski definition) is 7. The molecule has 1 amide bonds. The summed E-state index contributed by atoms with van der Waals surface area (Å²) < 4.78 is 17.2. The number of rotatable bonds is 7. The number of hydrogen-bond donors (Lipinski definition) is 1. The molecule has 0 aliphatic rings. The first-order valence-electron chi connectivity index (χ1n) is 9.98. The van der Waals surface area contributed by atoms with Gasteiger partial charge in [-0.15, -0.1) is 0 Å². The van der Waals surface area contributed by atoms with Gasteiger partial charge in [-0.25, -0.2) is 4.79 Å². The molecule has 2 aromatic heterocycles. The van der Waals surface area contributed by atoms with Crippen molar-refractivity contribution in [1.29, 1.82) is 0 Å². The van der Waals surface area contributed by atoms with E-state index in [1.807, 2.05) is 6.07 Å². The lowest BCUT2D eigenvalue weighted by atomic mass is 10.1. The molecule has 3 rings (SSSR count). The Kier molecular flexibility index (Phi) is 6.47. The highest BCUT2D eigenvalue weighted by Gasteiger charge is 2.29. The van der Waals surface area contributed by atoms with Crippen LogP contribution in [-0.2, 0) is 16.1 Å². The lowest BCUT2D eigenvalue weighted by Crippen LogP contribution is -2.28. The number of nitrogens with one attached hydrogen (secondary N) is 1. The molecule has 0 aliphatic heterocycles. The van der Waals surface area contributed by atoms with E-state index in [1.165, 1.54) is 31.6 Å². The van der Waals surface area contributed by atoms with Crippen molar-refractivity contribution in [2.24, 2.45) is 0 Å². The molecule has 0 atom stereocenters. The number of furan rings is 1. The molecule has 1 N–H and O–H groups in total. The van der Waals surface area contributed by atoms with E-state index >= 15 is 0 Å². The minimum absolute atomic E-state index is 0.0402. The van der Waals surface area contributed by atoms with Gasteiger partial charge in [0.1, 0.15) is 23.6 Å². The molecular formula is C23H24N2O7. The number of esters is 1. The van der Waals surface area contributed by atoms with Gasteiger partial charge in [0, 0.05) is 11.5 Å². The van der Waals surface area contributed by atoms with E-state index in [4.69, 9.17) is 13.9 Å². The first-order chi connectivity index (χ1) is 15.2. The van der Waals surface area contributed by atoms with E-state index in [-0.39, 0.29) is 41.5 Å². The molecule has 0 saturated heterocycles. The number of methoxy groups -OCH3 is 1. The van der Waals surface area contributed by atoms with Crippen LogP contribution in [0.2, 0.25) is 0 Å². The van der Waals surface area contributed by atoms with Gasteiger partial charge in [0.15, 0.2) is 5.78 Å². The molecular weight excluding hydrogens is 416 g/mol. The molecule has 0 unspecified atom stereocenters. The number of para-hydroxylation sites is 1. The number of fused-ring (bicyclic) bond motifs is 1. The SMILES string of the molecule is CCOC(=O)c1c(NC(=O)Cn2c(=O)cc(C)c3cccc(OC)c32)oc(C)c1C(C)=O. The standard InChI is InChI=1S/C23H24N2O7/c1-6-31-23(29)20-19(13(3)26)14(4)32-22(20)24-17(27)11-25-18(28)10-12(2)15-8-7-9-16(30-5)21(15)25/h7-10H,6,11H2,1-5H3,(H,24,27). The number of carbonyl (C=O) groups is 3. The van der Waals surface area contributed by atoms with Gasteiger partial charge >= 0.3 is 5.97 Å². The second-order valence-electron chi connectivity index (χ2n) is 7.17. The summed E-state index contributed by atoms with van der Waals surface area (Å²) in [5.41, 5.74) is 0.723. The zero-order valence-corrected chi connectivity index (χ0v) is 18.5. The normalized spacial score (nSPS) is 10.8. The number of pyridine rings is 1. The predicted molar refractivity (Wildman–Crippen MR) is 118 cm³/mol. The maximum absolute atomic E-state index is 12.9. The number of Topliss-reactive ketones (excluding diaryl/α,β-unsaturated/α-hetero) is 1. The summed E-state index contributed by atoms with van der Waals surface area (Å²) in [7, 11) is 1.48. The summed E-state index contributed by atoms with van der Waals surface area (Å²) in [5.74, 6) is -1.40. The quantitative estimate of drug-likeness (QED) is 0.443. The first-order valence-corrected chi connectivity index (χ1v) is 9.98. The summed E-state index contributed by atoms with van der Waals surface area (Å²) in [6.07, 6.45) is 0. The molecule has 9 nitrogen and oxygen atoms in total. The molecule has 168 valence electrons. The second kappa shape index (κ2) is 9.09. The maximum atomic E-state index is 12.9. The fourth-order valence-electron chi connectivity index (χ4n) is 3.66. The van der Waals surface area contributed by atoms with E-state index in [9.17, 15) is 19.2 Å². The van der Waals surface area contributed by atoms with Crippen LogP contribution in [0.5, 0.6) is 5.75 Å². The Morgan fingerprint density at radius 3 is 2.50 bits per heavy atom. The molecule has 2 heterocycles. The molecule has 9 heteroatoms. The van der Waals surface area contributed by atoms with Crippen LogP contribution >= 0.6 is 0 Å². The van der Waals surface area contributed by atoms with E-state index in [0.29, 0.717) is 11.3 Å². The van der Waals surface area contributed by atoms with Crippen LogP contribution in [0.15, 0.2) is 33.5 Å². The van der Waals surface area contributed by atoms with Crippen LogP contribution in [-0.4, -0.2) is 35.9 Å². The highest BCUT2D eigenvalue weighted by molar-refractivity contribution is 6.10. The molecule has 0 spiro atoms. The van der Waals surface area contributed by atoms with Crippen LogP contribution in [0.1, 0.15) is 45.9 Å². The van der Waals surface area contributed by atoms with Gasteiger partial charge in [0.05, 0.1) is 24.8 Å². The Morgan fingerprint density at radius 2 is 1.88 bits per heavy atom. The molecule has 3 aromatic rings. The Morgan fingerprint density at radius 1 is 1.16 bits per heavy atom. The fourth-order valence-corrected chi connectivity index (χ4v) is 3.66. The molecule has 0 radical (unpaired) electrons. The first kappa shape index (κ1) is 22.8. The van der Waals surface area contributed by atoms with Crippen molar-refractivity contribution in [3.05, 3.63) is 57.1 Å². The number of amides is 1. The van der Waals surface area contributed by atoms with Gasteiger partial charge in [-0.2, -0.15) is 0 Å². The third-order valence-corrected chi connectivity index (χ3v) is 4.99. The van der Waals surface area contributed by atoms with Crippen molar-refractivity contribution in [3.63, 3.8) is 0 Å². The van der Waals surface area contributed by atoms with Crippen LogP contribution in [0, 0.1) is 13.8 Å². The van der Waals surface area contributed by atoms with Crippen LogP contribution in [0.3, 0.4) is 0 Å². The summed E-state index contributed by atoms with van der Waals surface area (Å²) in [6, 6.07) is 6.76. The molecule has 0 saturated carbocycles. The maximum Gasteiger partial charge on any atom is 0.344 e. The highest BCUT2D eigenvalue weighted by atomic mass is 16.5. The molecule has 0 fully saturated rings. The number of nitrogens with zero attached hydrogens (tertiary/aromatic N) is 1. The van der Waals surface area contributed by atoms with Crippen LogP contribution in [0.4, 0.5) is 5.88 Å². The fraction of sp³-hybridized carbons (Fsp3) is 0.304. The van der Waals surface area contributed by atoms with Crippen molar-refractivity contribution < 1.29 is 28.3 Å². The third-order valence-electron chi connectivity index (χ3n) is 4.99. The van der Waals surface area contributed by atoms with Gasteiger partial charge in [-0.1, -0.05) is 12.1 Å². The largest absolute Gasteiger partial charge is 0.495 e. The van der Waals surface area contributed by atoms with Crippen molar-refractivity contribution in [3.8, 4) is 5.75 Å². The Bertz CT molecular complexity index is 1280. The second-order valence-corrected chi connectivity index (χ2v) is 7.17. The molecule has 32 heavy (non-hydrogen) atoms. The molecule has 0 bridgehead atoms. The number of carbonyl (C=O) groups excluding carboxylic acids is 3. The minimum Gasteiger partial charge on any atom is -0.495 e. The average molecular weight is 440 g/mol. The van der Waals surface area contributed by atoms with E-state index < -0.39 is 17.7 Å². The zero-order chi connectivity index (χ0) is 23.6. The van der Waals surface area contributed by atoms with Crippen molar-refractivity contribution in [1.82, 2.24) is 4.57 Å². The third kappa shape index (κ3) is 4.14. The Balaban J connectivity index is 2.03. The van der Waals surface area contributed by atoms with Gasteiger partial charge in [-0.3, -0.25) is 24.3 Å². The molecule has 1 aromatic carbocycles. The number of ketones is 1. The average Bonchev–Trinajstić information content (AvgIpc) is 3.06. The van der Waals surface area contributed by atoms with Gasteiger partial charge < -0.3 is 13.9 Å². The van der Waals surface area contributed by atoms with E-state index in [1.54, 1.807) is 26.0 Å². The number of aromatic nitrogens is 1. The van der Waals surface area contributed by atoms with E-state index in [0.717, 1.165) is 10.9 Å². The van der Waals surface area contributed by atoms with Gasteiger partial charge in [0.25, 0.3) is 5.56 Å². The smallest absolute Gasteiger partial charge is 0.344 e. The summed E-state index contributed by atoms with van der Waals surface area (Å²) in [4.78, 5) is 50.1. The molecule has 0 aliphatic carbocycles. The predicted octanol–water partition coefficient (Wildman–Crippen LogP) is 3.24. The summed E-state index contributed by atoms with van der Waals surface area (Å²) in [5, 5.41) is 3.26.